The van der Waals surface area contributed by atoms with E-state index in [1.165, 1.54) is 0 Å². The Bertz CT molecular complexity index is 1320. The van der Waals surface area contributed by atoms with Gasteiger partial charge < -0.3 is 35.2 Å². The molecule has 3 atom stereocenters. The maximum atomic E-state index is 13.9. The van der Waals surface area contributed by atoms with Gasteiger partial charge in [0, 0.05) is 43.3 Å². The van der Waals surface area contributed by atoms with Gasteiger partial charge in [-0.25, -0.2) is 9.78 Å². The molecule has 0 aliphatic carbocycles. The summed E-state index contributed by atoms with van der Waals surface area (Å²) in [6, 6.07) is 7.98. The number of carboxylic acid groups (broad SMARTS) is 1. The number of nitrogens with one attached hydrogen (secondary N) is 2. The SMILES string of the molecule is CC(C)(C)C(c1ccc(Cl)cc1)[C@@H](NC(=O)O)C(=O)N1CCN(c2ccnc3[nH]nc(OCC(O)CO)c23)CC1. The van der Waals surface area contributed by atoms with Gasteiger partial charge >= 0.3 is 6.09 Å². The van der Waals surface area contributed by atoms with Crippen LogP contribution in [0.3, 0.4) is 0 Å². The molecular formula is C27H35ClN6O6. The third-order valence-corrected chi connectivity index (χ3v) is 7.25. The van der Waals surface area contributed by atoms with E-state index in [4.69, 9.17) is 21.4 Å². The van der Waals surface area contributed by atoms with E-state index in [0.29, 0.717) is 42.2 Å². The number of piperazine rings is 1. The maximum Gasteiger partial charge on any atom is 0.405 e. The zero-order valence-corrected chi connectivity index (χ0v) is 23.4. The van der Waals surface area contributed by atoms with Crippen LogP contribution in [0.5, 0.6) is 5.88 Å². The van der Waals surface area contributed by atoms with E-state index in [2.05, 4.69) is 25.4 Å². The maximum absolute atomic E-state index is 13.9. The van der Waals surface area contributed by atoms with Gasteiger partial charge in [0.15, 0.2) is 5.65 Å². The van der Waals surface area contributed by atoms with Gasteiger partial charge in [0.2, 0.25) is 11.8 Å². The molecular weight excluding hydrogens is 540 g/mol. The van der Waals surface area contributed by atoms with Crippen molar-refractivity contribution in [2.75, 3.05) is 44.3 Å². The molecule has 1 aliphatic rings. The molecule has 3 aromatic rings. The van der Waals surface area contributed by atoms with Crippen LogP contribution in [0.2, 0.25) is 5.02 Å². The number of aliphatic hydroxyl groups excluding tert-OH is 2. The molecule has 1 aromatic carbocycles. The summed E-state index contributed by atoms with van der Waals surface area (Å²) in [6.45, 7) is 7.07. The Labute approximate surface area is 236 Å². The highest BCUT2D eigenvalue weighted by Crippen LogP contribution is 2.39. The Balaban J connectivity index is 1.54. The summed E-state index contributed by atoms with van der Waals surface area (Å²) >= 11 is 6.09. The molecule has 1 fully saturated rings. The van der Waals surface area contributed by atoms with Crippen molar-refractivity contribution < 1.29 is 29.6 Å². The van der Waals surface area contributed by atoms with Gasteiger partial charge in [-0.15, -0.1) is 5.10 Å². The van der Waals surface area contributed by atoms with Gasteiger partial charge in [0.05, 0.1) is 12.3 Å². The Hall–Kier alpha value is -3.61. The average molecular weight is 575 g/mol. The fraction of sp³-hybridized carbons (Fsp3) is 0.481. The summed E-state index contributed by atoms with van der Waals surface area (Å²) in [6.07, 6.45) is -0.663. The van der Waals surface area contributed by atoms with Gasteiger partial charge in [-0.05, 0) is 29.2 Å². The van der Waals surface area contributed by atoms with E-state index < -0.39 is 36.2 Å². The lowest BCUT2D eigenvalue weighted by Gasteiger charge is -2.41. The molecule has 3 heterocycles. The number of benzene rings is 1. The number of fused-ring (bicyclic) bond motifs is 1. The summed E-state index contributed by atoms with van der Waals surface area (Å²) in [4.78, 5) is 33.8. The first-order valence-corrected chi connectivity index (χ1v) is 13.4. The first-order chi connectivity index (χ1) is 19.0. The standard InChI is InChI=1S/C27H35ClN6O6/c1-27(2,3)21(16-4-6-17(28)7-5-16)22(30-26(38)39)25(37)34-12-10-33(11-13-34)19-8-9-29-23-20(19)24(32-31-23)40-15-18(36)14-35/h4-9,18,21-22,30,35-36H,10-15H2,1-3H3,(H,38,39)(H,29,31,32)/t18?,21?,22-/m1/s1. The quantitative estimate of drug-likeness (QED) is 0.258. The highest BCUT2D eigenvalue weighted by atomic mass is 35.5. The topological polar surface area (TPSA) is 164 Å². The number of hydrogen-bond donors (Lipinski definition) is 5. The van der Waals surface area contributed by atoms with E-state index in [0.717, 1.165) is 11.3 Å². The minimum Gasteiger partial charge on any atom is -0.473 e. The number of ether oxygens (including phenoxy) is 1. The van der Waals surface area contributed by atoms with Crippen molar-refractivity contribution in [2.24, 2.45) is 5.41 Å². The zero-order chi connectivity index (χ0) is 29.0. The number of aromatic nitrogens is 3. The molecule has 216 valence electrons. The molecule has 2 amide bonds. The predicted octanol–water partition coefficient (Wildman–Crippen LogP) is 2.46. The van der Waals surface area contributed by atoms with Gasteiger partial charge in [-0.3, -0.25) is 9.89 Å². The number of aliphatic hydroxyl groups is 2. The van der Waals surface area contributed by atoms with Crippen molar-refractivity contribution in [3.05, 3.63) is 47.1 Å². The summed E-state index contributed by atoms with van der Waals surface area (Å²) in [5.74, 6) is -0.473. The molecule has 0 radical (unpaired) electrons. The molecule has 2 aromatic heterocycles. The lowest BCUT2D eigenvalue weighted by Crippen LogP contribution is -2.58. The predicted molar refractivity (Wildman–Crippen MR) is 150 cm³/mol. The number of anilines is 1. The largest absolute Gasteiger partial charge is 0.473 e. The van der Waals surface area contributed by atoms with E-state index in [1.807, 2.05) is 39.0 Å². The van der Waals surface area contributed by atoms with Crippen LogP contribution in [0, 0.1) is 5.41 Å². The average Bonchev–Trinajstić information content (AvgIpc) is 3.34. The number of carbonyl (C=O) groups is 2. The van der Waals surface area contributed by atoms with Gasteiger partial charge in [-0.2, -0.15) is 0 Å². The van der Waals surface area contributed by atoms with Crippen molar-refractivity contribution in [1.82, 2.24) is 25.4 Å². The van der Waals surface area contributed by atoms with Crippen LogP contribution >= 0.6 is 11.6 Å². The highest BCUT2D eigenvalue weighted by molar-refractivity contribution is 6.30. The smallest absolute Gasteiger partial charge is 0.405 e. The molecule has 2 unspecified atom stereocenters. The minimum atomic E-state index is -1.27. The summed E-state index contributed by atoms with van der Waals surface area (Å²) in [5.41, 5.74) is 1.68. The van der Waals surface area contributed by atoms with Gasteiger partial charge in [0.25, 0.3) is 0 Å². The number of amides is 2. The van der Waals surface area contributed by atoms with Crippen molar-refractivity contribution in [3.63, 3.8) is 0 Å². The highest BCUT2D eigenvalue weighted by Gasteiger charge is 2.41. The Kier molecular flexibility index (Phi) is 9.02. The molecule has 0 spiro atoms. The van der Waals surface area contributed by atoms with E-state index >= 15 is 0 Å². The fourth-order valence-corrected chi connectivity index (χ4v) is 5.28. The third-order valence-electron chi connectivity index (χ3n) is 7.00. The molecule has 1 saturated heterocycles. The van der Waals surface area contributed by atoms with Gasteiger partial charge in [-0.1, -0.05) is 44.5 Å². The van der Waals surface area contributed by atoms with Crippen LogP contribution in [0.1, 0.15) is 32.3 Å². The second-order valence-electron chi connectivity index (χ2n) is 10.9. The van der Waals surface area contributed by atoms with Gasteiger partial charge in [0.1, 0.15) is 24.1 Å². The Morgan fingerprint density at radius 2 is 1.82 bits per heavy atom. The van der Waals surface area contributed by atoms with Crippen LogP contribution < -0.4 is 15.0 Å². The molecule has 40 heavy (non-hydrogen) atoms. The first-order valence-electron chi connectivity index (χ1n) is 13.0. The van der Waals surface area contributed by atoms with Crippen molar-refractivity contribution >= 4 is 40.3 Å². The van der Waals surface area contributed by atoms with Crippen LogP contribution in [-0.4, -0.2) is 98.9 Å². The Morgan fingerprint density at radius 1 is 1.15 bits per heavy atom. The van der Waals surface area contributed by atoms with E-state index in [1.54, 1.807) is 23.2 Å². The fourth-order valence-electron chi connectivity index (χ4n) is 5.15. The van der Waals surface area contributed by atoms with Crippen molar-refractivity contribution in [1.29, 1.82) is 0 Å². The number of halogens is 1. The van der Waals surface area contributed by atoms with Crippen molar-refractivity contribution in [2.45, 2.75) is 38.8 Å². The number of H-pyrrole nitrogens is 1. The number of nitrogens with zero attached hydrogens (tertiary/aromatic N) is 4. The number of aromatic amines is 1. The molecule has 0 bridgehead atoms. The van der Waals surface area contributed by atoms with Crippen LogP contribution in [0.15, 0.2) is 36.5 Å². The molecule has 0 saturated carbocycles. The lowest BCUT2D eigenvalue weighted by atomic mass is 9.72. The number of hydrogen-bond acceptors (Lipinski definition) is 8. The minimum absolute atomic E-state index is 0.131. The first kappa shape index (κ1) is 29.4. The Morgan fingerprint density at radius 3 is 2.42 bits per heavy atom. The lowest BCUT2D eigenvalue weighted by molar-refractivity contribution is -0.135. The van der Waals surface area contributed by atoms with E-state index in [-0.39, 0.29) is 18.4 Å². The molecule has 1 aliphatic heterocycles. The summed E-state index contributed by atoms with van der Waals surface area (Å²) in [7, 11) is 0. The third kappa shape index (κ3) is 6.57. The normalized spacial score (nSPS) is 16.4. The van der Waals surface area contributed by atoms with E-state index in [9.17, 15) is 19.8 Å². The molecule has 4 rings (SSSR count). The number of carbonyl (C=O) groups excluding carboxylic acids is 1. The summed E-state index contributed by atoms with van der Waals surface area (Å²) in [5, 5.41) is 39.1. The monoisotopic (exact) mass is 574 g/mol. The molecule has 13 heteroatoms. The summed E-state index contributed by atoms with van der Waals surface area (Å²) < 4.78 is 5.62. The number of pyridine rings is 1. The second-order valence-corrected chi connectivity index (χ2v) is 11.3. The zero-order valence-electron chi connectivity index (χ0n) is 22.7. The number of rotatable bonds is 9. The van der Waals surface area contributed by atoms with Crippen molar-refractivity contribution in [3.8, 4) is 5.88 Å². The van der Waals surface area contributed by atoms with Crippen LogP contribution in [0.25, 0.3) is 11.0 Å². The molecule has 12 nitrogen and oxygen atoms in total. The van der Waals surface area contributed by atoms with Crippen LogP contribution in [0.4, 0.5) is 10.5 Å². The molecule has 5 N–H and O–H groups in total. The van der Waals surface area contributed by atoms with Crippen LogP contribution in [-0.2, 0) is 4.79 Å². The second kappa shape index (κ2) is 12.3.